The summed E-state index contributed by atoms with van der Waals surface area (Å²) in [5.74, 6) is 0.269. The molecule has 6 aromatic carbocycles. The van der Waals surface area contributed by atoms with Gasteiger partial charge in [0.1, 0.15) is 5.75 Å². The van der Waals surface area contributed by atoms with Gasteiger partial charge < -0.3 is 14.4 Å². The van der Waals surface area contributed by atoms with Gasteiger partial charge in [0, 0.05) is 46.4 Å². The summed E-state index contributed by atoms with van der Waals surface area (Å²) < 4.78 is 12.7. The molecule has 1 atom stereocenters. The predicted molar refractivity (Wildman–Crippen MR) is 196 cm³/mol. The summed E-state index contributed by atoms with van der Waals surface area (Å²) in [5.41, 5.74) is 8.86. The zero-order valence-electron chi connectivity index (χ0n) is 27.3. The molecular formula is C44H37NO3. The fraction of sp³-hybridized carbons (Fsp3) is 0.159. The predicted octanol–water partition coefficient (Wildman–Crippen LogP) is 10.2. The molecule has 0 saturated carbocycles. The summed E-state index contributed by atoms with van der Waals surface area (Å²) in [6.45, 7) is 4.27. The van der Waals surface area contributed by atoms with Crippen molar-refractivity contribution in [3.05, 3.63) is 161 Å². The summed E-state index contributed by atoms with van der Waals surface area (Å²) in [7, 11) is 1.44. The number of anilines is 1. The molecule has 0 radical (unpaired) electrons. The van der Waals surface area contributed by atoms with Crippen molar-refractivity contribution in [3.63, 3.8) is 0 Å². The third kappa shape index (κ3) is 5.05. The minimum Gasteiger partial charge on any atom is -0.472 e. The lowest BCUT2D eigenvalue weighted by molar-refractivity contribution is 0.0600. The van der Waals surface area contributed by atoms with Gasteiger partial charge in [-0.3, -0.25) is 0 Å². The first-order valence-corrected chi connectivity index (χ1v) is 16.7. The number of hydrogen-bond donors (Lipinski definition) is 0. The Labute approximate surface area is 281 Å². The Kier molecular flexibility index (Phi) is 7.57. The second-order valence-corrected chi connectivity index (χ2v) is 12.8. The van der Waals surface area contributed by atoms with Crippen LogP contribution in [0.5, 0.6) is 5.75 Å². The number of methoxy groups -OCH3 is 1. The van der Waals surface area contributed by atoms with Crippen LogP contribution in [0.3, 0.4) is 0 Å². The Bertz CT molecular complexity index is 2140. The number of ether oxygens (including phenoxy) is 2. The Morgan fingerprint density at radius 1 is 0.688 bits per heavy atom. The molecule has 48 heavy (non-hydrogen) atoms. The number of benzene rings is 6. The molecule has 236 valence electrons. The van der Waals surface area contributed by atoms with Crippen molar-refractivity contribution in [2.75, 3.05) is 25.1 Å². The number of esters is 1. The molecule has 8 rings (SSSR count). The number of hydrogen-bond acceptors (Lipinski definition) is 4. The van der Waals surface area contributed by atoms with E-state index in [1.54, 1.807) is 0 Å². The summed E-state index contributed by atoms with van der Waals surface area (Å²) in [4.78, 5) is 16.2. The molecular weight excluding hydrogens is 590 g/mol. The van der Waals surface area contributed by atoms with Gasteiger partial charge in [-0.1, -0.05) is 121 Å². The van der Waals surface area contributed by atoms with Crippen molar-refractivity contribution >= 4 is 28.5 Å². The van der Waals surface area contributed by atoms with Crippen molar-refractivity contribution in [2.24, 2.45) is 0 Å². The Balaban J connectivity index is 1.31. The summed E-state index contributed by atoms with van der Waals surface area (Å²) in [6, 6.07) is 44.3. The monoisotopic (exact) mass is 627 g/mol. The highest BCUT2D eigenvalue weighted by Crippen LogP contribution is 2.50. The largest absolute Gasteiger partial charge is 0.472 e. The van der Waals surface area contributed by atoms with Gasteiger partial charge in [-0.25, -0.2) is 4.79 Å². The molecule has 1 saturated heterocycles. The van der Waals surface area contributed by atoms with E-state index in [2.05, 4.69) is 121 Å². The fourth-order valence-electron chi connectivity index (χ4n) is 7.34. The van der Waals surface area contributed by atoms with E-state index in [0.29, 0.717) is 11.3 Å². The van der Waals surface area contributed by atoms with Crippen LogP contribution in [0.4, 0.5) is 5.69 Å². The maximum absolute atomic E-state index is 13.8. The van der Waals surface area contributed by atoms with E-state index in [4.69, 9.17) is 9.47 Å². The molecule has 6 aromatic rings. The molecule has 2 heterocycles. The Morgan fingerprint density at radius 2 is 1.27 bits per heavy atom. The van der Waals surface area contributed by atoms with Gasteiger partial charge >= 0.3 is 5.97 Å². The number of carbonyl (C=O) groups is 1. The molecule has 0 amide bonds. The van der Waals surface area contributed by atoms with E-state index in [0.717, 1.165) is 62.8 Å². The number of aryl methyl sites for hydroxylation is 1. The van der Waals surface area contributed by atoms with Crippen LogP contribution in [0.1, 0.15) is 45.5 Å². The van der Waals surface area contributed by atoms with Crippen LogP contribution in [0.15, 0.2) is 133 Å². The van der Waals surface area contributed by atoms with Crippen LogP contribution < -0.4 is 9.64 Å². The highest BCUT2D eigenvalue weighted by atomic mass is 16.5. The molecule has 4 nitrogen and oxygen atoms in total. The number of rotatable bonds is 6. The van der Waals surface area contributed by atoms with Crippen molar-refractivity contribution < 1.29 is 14.3 Å². The van der Waals surface area contributed by atoms with E-state index in [1.807, 2.05) is 30.3 Å². The topological polar surface area (TPSA) is 38.8 Å². The van der Waals surface area contributed by atoms with E-state index in [9.17, 15) is 4.79 Å². The second kappa shape index (κ2) is 12.2. The molecule has 2 aliphatic rings. The molecule has 0 N–H and O–H groups in total. The summed E-state index contributed by atoms with van der Waals surface area (Å²) in [6.07, 6.45) is 6.61. The van der Waals surface area contributed by atoms with Gasteiger partial charge in [0.25, 0.3) is 0 Å². The highest BCUT2D eigenvalue weighted by Gasteiger charge is 2.40. The smallest absolute Gasteiger partial charge is 0.339 e. The van der Waals surface area contributed by atoms with Crippen LogP contribution in [0.2, 0.25) is 0 Å². The molecule has 0 aromatic heterocycles. The van der Waals surface area contributed by atoms with Crippen LogP contribution >= 0.6 is 0 Å². The first kappa shape index (κ1) is 29.8. The quantitative estimate of drug-likeness (QED) is 0.172. The minimum absolute atomic E-state index is 0.398. The first-order chi connectivity index (χ1) is 23.6. The summed E-state index contributed by atoms with van der Waals surface area (Å²) in [5, 5.41) is 1.87. The number of fused-ring (bicyclic) bond motifs is 3. The first-order valence-electron chi connectivity index (χ1n) is 16.7. The standard InChI is InChI=1S/C44H37NO3/c1-30-14-16-31(17-15-30)32-18-20-33(21-19-32)40-37-12-6-7-13-38(37)42-39(41(40)43(46)47-2)26-27-44(48-42,34-10-4-3-5-11-34)35-22-24-36(25-23-35)45-28-8-9-29-45/h3-7,10-27H,8-9,28-29H2,1-2H3. The number of carbonyl (C=O) groups excluding carboxylic acids is 1. The van der Waals surface area contributed by atoms with Crippen LogP contribution in [0, 0.1) is 6.92 Å². The molecule has 0 aliphatic carbocycles. The lowest BCUT2D eigenvalue weighted by atomic mass is 9.81. The molecule has 4 heteroatoms. The molecule has 2 aliphatic heterocycles. The van der Waals surface area contributed by atoms with E-state index in [1.165, 1.54) is 31.2 Å². The zero-order chi connectivity index (χ0) is 32.7. The Hall–Kier alpha value is -5.61. The maximum atomic E-state index is 13.8. The van der Waals surface area contributed by atoms with Gasteiger partial charge in [-0.05, 0) is 66.1 Å². The van der Waals surface area contributed by atoms with Gasteiger partial charge in [0.05, 0.1) is 12.7 Å². The van der Waals surface area contributed by atoms with Crippen LogP contribution in [-0.2, 0) is 10.3 Å². The fourth-order valence-corrected chi connectivity index (χ4v) is 7.34. The lowest BCUT2D eigenvalue weighted by Crippen LogP contribution is -2.35. The molecule has 1 fully saturated rings. The minimum atomic E-state index is -0.898. The van der Waals surface area contributed by atoms with Crippen molar-refractivity contribution in [1.29, 1.82) is 0 Å². The average Bonchev–Trinajstić information content (AvgIpc) is 3.70. The van der Waals surface area contributed by atoms with Crippen LogP contribution in [0.25, 0.3) is 39.1 Å². The Morgan fingerprint density at radius 3 is 1.94 bits per heavy atom. The number of nitrogens with zero attached hydrogens (tertiary/aromatic N) is 1. The van der Waals surface area contributed by atoms with Crippen molar-refractivity contribution in [1.82, 2.24) is 0 Å². The highest BCUT2D eigenvalue weighted by molar-refractivity contribution is 6.14. The SMILES string of the molecule is COC(=O)c1c2c(c3ccccc3c1-c1ccc(-c3ccc(C)cc3)cc1)OC(c1ccccc1)(c1ccc(N3CCCC3)cc1)C=C2. The van der Waals surface area contributed by atoms with Gasteiger partial charge in [0.15, 0.2) is 5.60 Å². The van der Waals surface area contributed by atoms with Crippen molar-refractivity contribution in [3.8, 4) is 28.0 Å². The molecule has 0 spiro atoms. The zero-order valence-corrected chi connectivity index (χ0v) is 27.3. The normalized spacial score (nSPS) is 16.8. The third-order valence-electron chi connectivity index (χ3n) is 9.87. The molecule has 0 bridgehead atoms. The third-order valence-corrected chi connectivity index (χ3v) is 9.87. The van der Waals surface area contributed by atoms with E-state index < -0.39 is 11.6 Å². The van der Waals surface area contributed by atoms with Crippen molar-refractivity contribution in [2.45, 2.75) is 25.4 Å². The van der Waals surface area contributed by atoms with Gasteiger partial charge in [-0.15, -0.1) is 0 Å². The molecule has 1 unspecified atom stereocenters. The maximum Gasteiger partial charge on any atom is 0.339 e. The average molecular weight is 628 g/mol. The lowest BCUT2D eigenvalue weighted by Gasteiger charge is -2.37. The van der Waals surface area contributed by atoms with E-state index in [-0.39, 0.29) is 0 Å². The summed E-state index contributed by atoms with van der Waals surface area (Å²) >= 11 is 0. The van der Waals surface area contributed by atoms with E-state index >= 15 is 0 Å². The second-order valence-electron chi connectivity index (χ2n) is 12.8. The van der Waals surface area contributed by atoms with Gasteiger partial charge in [-0.2, -0.15) is 0 Å². The van der Waals surface area contributed by atoms with Crippen LogP contribution in [-0.4, -0.2) is 26.2 Å². The van der Waals surface area contributed by atoms with Gasteiger partial charge in [0.2, 0.25) is 0 Å².